The molecule has 0 aromatic carbocycles. The van der Waals surface area contributed by atoms with Gasteiger partial charge in [0.2, 0.25) is 0 Å². The van der Waals surface area contributed by atoms with Crippen molar-refractivity contribution in [1.29, 1.82) is 0 Å². The molecule has 0 amide bonds. The Labute approximate surface area is 67.6 Å². The van der Waals surface area contributed by atoms with Crippen molar-refractivity contribution in [1.82, 2.24) is 0 Å². The lowest BCUT2D eigenvalue weighted by atomic mass is 10.0. The van der Waals surface area contributed by atoms with Crippen molar-refractivity contribution >= 4 is 0 Å². The van der Waals surface area contributed by atoms with Gasteiger partial charge in [-0.05, 0) is 20.3 Å². The fraction of sp³-hybridized carbons (Fsp3) is 0.778. The second-order valence-electron chi connectivity index (χ2n) is 3.08. The lowest BCUT2D eigenvalue weighted by molar-refractivity contribution is 0.0788. The standard InChI is InChI=1S/C9H14O2/c1-3-4-5-6-8(10)9(2)7-11-9/h8,10H,5-7H2,1-2H3/t8-,9+/m1/s1. The van der Waals surface area contributed by atoms with Crippen molar-refractivity contribution in [2.75, 3.05) is 6.61 Å². The minimum absolute atomic E-state index is 0.255. The first-order valence-corrected chi connectivity index (χ1v) is 3.91. The molecule has 0 aromatic heterocycles. The molecule has 0 radical (unpaired) electrons. The summed E-state index contributed by atoms with van der Waals surface area (Å²) in [5.74, 6) is 5.71. The molecular formula is C9H14O2. The Morgan fingerprint density at radius 2 is 2.36 bits per heavy atom. The lowest BCUT2D eigenvalue weighted by Gasteiger charge is -2.11. The largest absolute Gasteiger partial charge is 0.390 e. The molecule has 1 aliphatic heterocycles. The van der Waals surface area contributed by atoms with E-state index in [1.54, 1.807) is 0 Å². The molecule has 1 aliphatic rings. The highest BCUT2D eigenvalue weighted by Crippen LogP contribution is 2.31. The maximum absolute atomic E-state index is 9.48. The molecule has 1 heterocycles. The van der Waals surface area contributed by atoms with E-state index in [0.717, 1.165) is 12.8 Å². The van der Waals surface area contributed by atoms with E-state index in [1.165, 1.54) is 0 Å². The van der Waals surface area contributed by atoms with Crippen LogP contribution < -0.4 is 0 Å². The van der Waals surface area contributed by atoms with Gasteiger partial charge >= 0.3 is 0 Å². The molecule has 2 heteroatoms. The smallest absolute Gasteiger partial charge is 0.115 e. The van der Waals surface area contributed by atoms with Crippen LogP contribution in [0, 0.1) is 11.8 Å². The van der Waals surface area contributed by atoms with Gasteiger partial charge in [0.25, 0.3) is 0 Å². The number of epoxide rings is 1. The van der Waals surface area contributed by atoms with Gasteiger partial charge in [-0.15, -0.1) is 11.8 Å². The van der Waals surface area contributed by atoms with Crippen LogP contribution >= 0.6 is 0 Å². The summed E-state index contributed by atoms with van der Waals surface area (Å²) in [6.07, 6.45) is 1.14. The van der Waals surface area contributed by atoms with E-state index in [9.17, 15) is 5.11 Å². The third-order valence-electron chi connectivity index (χ3n) is 2.02. The third-order valence-corrected chi connectivity index (χ3v) is 2.02. The summed E-state index contributed by atoms with van der Waals surface area (Å²) in [7, 11) is 0. The molecule has 1 N–H and O–H groups in total. The summed E-state index contributed by atoms with van der Waals surface area (Å²) < 4.78 is 5.09. The average molecular weight is 154 g/mol. The molecule has 0 aliphatic carbocycles. The van der Waals surface area contributed by atoms with E-state index in [4.69, 9.17) is 4.74 Å². The van der Waals surface area contributed by atoms with E-state index in [-0.39, 0.29) is 11.7 Å². The minimum Gasteiger partial charge on any atom is -0.390 e. The highest BCUT2D eigenvalue weighted by Gasteiger charge is 2.45. The van der Waals surface area contributed by atoms with Crippen molar-refractivity contribution in [3.05, 3.63) is 0 Å². The zero-order valence-electron chi connectivity index (χ0n) is 7.05. The first-order valence-electron chi connectivity index (χ1n) is 3.91. The first-order chi connectivity index (χ1) is 5.19. The number of rotatable bonds is 3. The number of ether oxygens (including phenoxy) is 1. The maximum Gasteiger partial charge on any atom is 0.115 e. The Hall–Kier alpha value is -0.520. The topological polar surface area (TPSA) is 32.8 Å². The van der Waals surface area contributed by atoms with Gasteiger partial charge in [-0.25, -0.2) is 0 Å². The van der Waals surface area contributed by atoms with E-state index >= 15 is 0 Å². The first kappa shape index (κ1) is 8.58. The van der Waals surface area contributed by atoms with E-state index in [1.807, 2.05) is 13.8 Å². The zero-order valence-corrected chi connectivity index (χ0v) is 7.05. The van der Waals surface area contributed by atoms with Crippen LogP contribution in [0.15, 0.2) is 0 Å². The van der Waals surface area contributed by atoms with Crippen LogP contribution in [0.5, 0.6) is 0 Å². The van der Waals surface area contributed by atoms with Crippen LogP contribution in [0.4, 0.5) is 0 Å². The number of aliphatic hydroxyl groups is 1. The highest BCUT2D eigenvalue weighted by molar-refractivity contribution is 4.99. The molecule has 11 heavy (non-hydrogen) atoms. The van der Waals surface area contributed by atoms with Gasteiger partial charge in [0.15, 0.2) is 0 Å². The Balaban J connectivity index is 2.19. The second kappa shape index (κ2) is 3.25. The predicted molar refractivity (Wildman–Crippen MR) is 43.0 cm³/mol. The molecule has 1 saturated heterocycles. The summed E-state index contributed by atoms with van der Waals surface area (Å²) in [6, 6.07) is 0. The molecule has 0 spiro atoms. The van der Waals surface area contributed by atoms with Crippen molar-refractivity contribution in [2.24, 2.45) is 0 Å². The second-order valence-corrected chi connectivity index (χ2v) is 3.08. The van der Waals surface area contributed by atoms with Gasteiger partial charge in [-0.3, -0.25) is 0 Å². The molecule has 0 bridgehead atoms. The Morgan fingerprint density at radius 1 is 1.73 bits per heavy atom. The van der Waals surface area contributed by atoms with Gasteiger partial charge in [0.05, 0.1) is 12.7 Å². The number of hydrogen-bond acceptors (Lipinski definition) is 2. The van der Waals surface area contributed by atoms with Crippen molar-refractivity contribution in [3.63, 3.8) is 0 Å². The number of aliphatic hydroxyl groups excluding tert-OH is 1. The predicted octanol–water partition coefficient (Wildman–Crippen LogP) is 0.940. The van der Waals surface area contributed by atoms with Crippen LogP contribution in [0.1, 0.15) is 26.7 Å². The monoisotopic (exact) mass is 154 g/mol. The zero-order chi connectivity index (χ0) is 8.32. The molecule has 0 saturated carbocycles. The Kier molecular flexibility index (Phi) is 2.53. The van der Waals surface area contributed by atoms with Crippen LogP contribution in [0.2, 0.25) is 0 Å². The van der Waals surface area contributed by atoms with E-state index < -0.39 is 0 Å². The average Bonchev–Trinajstić information content (AvgIpc) is 2.70. The van der Waals surface area contributed by atoms with Crippen LogP contribution in [-0.2, 0) is 4.74 Å². The van der Waals surface area contributed by atoms with Gasteiger partial charge in [-0.2, -0.15) is 0 Å². The van der Waals surface area contributed by atoms with Crippen LogP contribution in [-0.4, -0.2) is 23.4 Å². The van der Waals surface area contributed by atoms with Gasteiger partial charge < -0.3 is 9.84 Å². The maximum atomic E-state index is 9.48. The van der Waals surface area contributed by atoms with Gasteiger partial charge in [-0.1, -0.05) is 0 Å². The number of hydrogen-bond donors (Lipinski definition) is 1. The lowest BCUT2D eigenvalue weighted by Crippen LogP contribution is -2.25. The SMILES string of the molecule is CC#CCC[C@@H](O)[C@]1(C)CO1. The third kappa shape index (κ3) is 2.21. The molecule has 2 nitrogen and oxygen atoms in total. The quantitative estimate of drug-likeness (QED) is 0.484. The van der Waals surface area contributed by atoms with Crippen molar-refractivity contribution in [3.8, 4) is 11.8 Å². The van der Waals surface area contributed by atoms with Crippen LogP contribution in [0.25, 0.3) is 0 Å². The van der Waals surface area contributed by atoms with Crippen LogP contribution in [0.3, 0.4) is 0 Å². The molecule has 0 unspecified atom stereocenters. The summed E-state index contributed by atoms with van der Waals surface area (Å²) in [5.41, 5.74) is -0.255. The molecule has 0 aromatic rings. The molecule has 1 rings (SSSR count). The van der Waals surface area contributed by atoms with E-state index in [2.05, 4.69) is 11.8 Å². The molecule has 62 valence electrons. The molecular weight excluding hydrogens is 140 g/mol. The van der Waals surface area contributed by atoms with Crippen molar-refractivity contribution < 1.29 is 9.84 Å². The highest BCUT2D eigenvalue weighted by atomic mass is 16.6. The fourth-order valence-corrected chi connectivity index (χ4v) is 0.945. The van der Waals surface area contributed by atoms with Gasteiger partial charge in [0, 0.05) is 6.42 Å². The summed E-state index contributed by atoms with van der Waals surface area (Å²) in [5, 5.41) is 9.48. The van der Waals surface area contributed by atoms with E-state index in [0.29, 0.717) is 6.61 Å². The minimum atomic E-state index is -0.344. The summed E-state index contributed by atoms with van der Waals surface area (Å²) >= 11 is 0. The van der Waals surface area contributed by atoms with Crippen molar-refractivity contribution in [2.45, 2.75) is 38.4 Å². The molecule has 2 atom stereocenters. The molecule has 1 fully saturated rings. The normalized spacial score (nSPS) is 30.5. The summed E-state index contributed by atoms with van der Waals surface area (Å²) in [4.78, 5) is 0. The summed E-state index contributed by atoms with van der Waals surface area (Å²) in [6.45, 7) is 4.42. The Morgan fingerprint density at radius 3 is 2.82 bits per heavy atom. The Bertz CT molecular complexity index is 183. The fourth-order valence-electron chi connectivity index (χ4n) is 0.945. The van der Waals surface area contributed by atoms with Gasteiger partial charge in [0.1, 0.15) is 5.60 Å².